The minimum atomic E-state index is -1.33. The van der Waals surface area contributed by atoms with E-state index in [4.69, 9.17) is 15.6 Å². The summed E-state index contributed by atoms with van der Waals surface area (Å²) in [5.74, 6) is -2.56. The van der Waals surface area contributed by atoms with Crippen LogP contribution in [0.25, 0.3) is 0 Å². The summed E-state index contributed by atoms with van der Waals surface area (Å²) in [6, 6.07) is -2.11. The summed E-state index contributed by atoms with van der Waals surface area (Å²) in [5.41, 5.74) is 4.88. The molecule has 20 heavy (non-hydrogen) atoms. The maximum atomic E-state index is 11.7. The van der Waals surface area contributed by atoms with E-state index in [1.165, 1.54) is 0 Å². The van der Waals surface area contributed by atoms with E-state index in [-0.39, 0.29) is 0 Å². The first-order valence-electron chi connectivity index (χ1n) is 6.57. The van der Waals surface area contributed by atoms with E-state index in [1.807, 2.05) is 6.92 Å². The van der Waals surface area contributed by atoms with Crippen LogP contribution in [0.1, 0.15) is 47.0 Å². The van der Waals surface area contributed by atoms with Crippen molar-refractivity contribution >= 4 is 17.8 Å². The number of carboxylic acids is 1. The van der Waals surface area contributed by atoms with Gasteiger partial charge in [0.25, 0.3) is 0 Å². The summed E-state index contributed by atoms with van der Waals surface area (Å²) < 4.78 is 5.02. The van der Waals surface area contributed by atoms with E-state index >= 15 is 0 Å². The Kier molecular flexibility index (Phi) is 7.20. The van der Waals surface area contributed by atoms with E-state index in [2.05, 4.69) is 5.32 Å². The molecule has 0 saturated heterocycles. The molecule has 2 atom stereocenters. The lowest BCUT2D eigenvalue weighted by molar-refractivity contribution is -0.158. The number of carbonyl (C=O) groups excluding carboxylic acids is 2. The Hall–Kier alpha value is -1.63. The molecule has 0 heterocycles. The monoisotopic (exact) mass is 288 g/mol. The molecule has 7 nitrogen and oxygen atoms in total. The summed E-state index contributed by atoms with van der Waals surface area (Å²) in [6.07, 6.45) is 0.722. The van der Waals surface area contributed by atoms with Gasteiger partial charge in [-0.1, -0.05) is 13.3 Å². The van der Waals surface area contributed by atoms with Gasteiger partial charge in [0.2, 0.25) is 5.91 Å². The number of amides is 1. The van der Waals surface area contributed by atoms with Gasteiger partial charge in [-0.2, -0.15) is 0 Å². The molecule has 0 fully saturated rings. The van der Waals surface area contributed by atoms with Gasteiger partial charge in [-0.25, -0.2) is 4.79 Å². The highest BCUT2D eigenvalue weighted by atomic mass is 16.6. The fourth-order valence-electron chi connectivity index (χ4n) is 1.47. The SMILES string of the molecule is CCC[C@@H](N)C(=O)N[C@@H](CC(=O)OC(C)(C)C)C(=O)O. The molecule has 0 aromatic carbocycles. The van der Waals surface area contributed by atoms with Crippen molar-refractivity contribution in [3.63, 3.8) is 0 Å². The van der Waals surface area contributed by atoms with Crippen molar-refractivity contribution in [3.8, 4) is 0 Å². The number of nitrogens with two attached hydrogens (primary N) is 1. The zero-order chi connectivity index (χ0) is 15.9. The summed E-state index contributed by atoms with van der Waals surface area (Å²) >= 11 is 0. The molecule has 0 saturated carbocycles. The van der Waals surface area contributed by atoms with Gasteiger partial charge in [0.05, 0.1) is 12.5 Å². The molecule has 0 aliphatic rings. The lowest BCUT2D eigenvalue weighted by Crippen LogP contribution is -2.49. The van der Waals surface area contributed by atoms with Gasteiger partial charge in [-0.3, -0.25) is 9.59 Å². The highest BCUT2D eigenvalue weighted by molar-refractivity contribution is 5.89. The van der Waals surface area contributed by atoms with Gasteiger partial charge in [-0.15, -0.1) is 0 Å². The van der Waals surface area contributed by atoms with Gasteiger partial charge < -0.3 is 20.9 Å². The van der Waals surface area contributed by atoms with Crippen LogP contribution in [-0.2, 0) is 19.1 Å². The van der Waals surface area contributed by atoms with Gasteiger partial charge in [0, 0.05) is 0 Å². The Morgan fingerprint density at radius 1 is 1.30 bits per heavy atom. The molecule has 0 bridgehead atoms. The predicted molar refractivity (Wildman–Crippen MR) is 72.9 cm³/mol. The third-order valence-electron chi connectivity index (χ3n) is 2.34. The Morgan fingerprint density at radius 3 is 2.25 bits per heavy atom. The fraction of sp³-hybridized carbons (Fsp3) is 0.769. The van der Waals surface area contributed by atoms with E-state index in [0.29, 0.717) is 12.8 Å². The second kappa shape index (κ2) is 7.84. The lowest BCUT2D eigenvalue weighted by Gasteiger charge is -2.22. The van der Waals surface area contributed by atoms with Crippen molar-refractivity contribution in [2.24, 2.45) is 5.73 Å². The molecule has 0 spiro atoms. The second-order valence-electron chi connectivity index (χ2n) is 5.59. The zero-order valence-corrected chi connectivity index (χ0v) is 12.4. The molecule has 0 aliphatic heterocycles. The largest absolute Gasteiger partial charge is 0.480 e. The van der Waals surface area contributed by atoms with Crippen LogP contribution in [0.5, 0.6) is 0 Å². The van der Waals surface area contributed by atoms with E-state index in [0.717, 1.165) is 0 Å². The average molecular weight is 288 g/mol. The topological polar surface area (TPSA) is 119 Å². The molecular formula is C13H24N2O5. The average Bonchev–Trinajstić information content (AvgIpc) is 2.25. The van der Waals surface area contributed by atoms with Crippen molar-refractivity contribution in [3.05, 3.63) is 0 Å². The van der Waals surface area contributed by atoms with Crippen LogP contribution in [0.2, 0.25) is 0 Å². The highest BCUT2D eigenvalue weighted by Crippen LogP contribution is 2.09. The van der Waals surface area contributed by atoms with Crippen LogP contribution >= 0.6 is 0 Å². The molecule has 0 radical (unpaired) electrons. The molecule has 4 N–H and O–H groups in total. The summed E-state index contributed by atoms with van der Waals surface area (Å²) in [6.45, 7) is 6.89. The summed E-state index contributed by atoms with van der Waals surface area (Å²) in [7, 11) is 0. The van der Waals surface area contributed by atoms with Crippen LogP contribution in [-0.4, -0.2) is 40.6 Å². The number of ether oxygens (including phenoxy) is 1. The van der Waals surface area contributed by atoms with E-state index in [9.17, 15) is 14.4 Å². The fourth-order valence-corrected chi connectivity index (χ4v) is 1.47. The summed E-state index contributed by atoms with van der Waals surface area (Å²) in [4.78, 5) is 34.3. The lowest BCUT2D eigenvalue weighted by atomic mass is 10.1. The van der Waals surface area contributed by atoms with Gasteiger partial charge in [0.15, 0.2) is 0 Å². The van der Waals surface area contributed by atoms with Crippen LogP contribution < -0.4 is 11.1 Å². The number of aliphatic carboxylic acids is 1. The zero-order valence-electron chi connectivity index (χ0n) is 12.4. The van der Waals surface area contributed by atoms with Gasteiger partial charge in [-0.05, 0) is 27.2 Å². The maximum Gasteiger partial charge on any atom is 0.326 e. The van der Waals surface area contributed by atoms with E-state index in [1.54, 1.807) is 20.8 Å². The number of hydrogen-bond donors (Lipinski definition) is 3. The number of nitrogens with one attached hydrogen (secondary N) is 1. The van der Waals surface area contributed by atoms with Crippen LogP contribution in [0.3, 0.4) is 0 Å². The normalized spacial score (nSPS) is 14.2. The number of esters is 1. The number of rotatable bonds is 7. The van der Waals surface area contributed by atoms with Crippen molar-refractivity contribution in [1.29, 1.82) is 0 Å². The third kappa shape index (κ3) is 7.73. The van der Waals surface area contributed by atoms with Crippen LogP contribution in [0, 0.1) is 0 Å². The molecule has 0 aliphatic carbocycles. The first-order valence-corrected chi connectivity index (χ1v) is 6.57. The van der Waals surface area contributed by atoms with Crippen molar-refractivity contribution in [1.82, 2.24) is 5.32 Å². The predicted octanol–water partition coefficient (Wildman–Crippen LogP) is 0.415. The quantitative estimate of drug-likeness (QED) is 0.584. The molecule has 0 aromatic rings. The Morgan fingerprint density at radius 2 is 1.85 bits per heavy atom. The smallest absolute Gasteiger partial charge is 0.326 e. The maximum absolute atomic E-state index is 11.7. The van der Waals surface area contributed by atoms with Crippen molar-refractivity contribution in [2.45, 2.75) is 64.6 Å². The first-order chi connectivity index (χ1) is 9.06. The molecule has 7 heteroatoms. The molecule has 0 aromatic heterocycles. The molecule has 0 rings (SSSR count). The standard InChI is InChI=1S/C13H24N2O5/c1-5-6-8(14)11(17)15-9(12(18)19)7-10(16)20-13(2,3)4/h8-9H,5-7,14H2,1-4H3,(H,15,17)(H,18,19)/t8-,9+/m1/s1. The Bertz CT molecular complexity index is 362. The minimum absolute atomic E-state index is 0.433. The van der Waals surface area contributed by atoms with E-state index < -0.39 is 42.0 Å². The van der Waals surface area contributed by atoms with Crippen LogP contribution in [0.15, 0.2) is 0 Å². The second-order valence-corrected chi connectivity index (χ2v) is 5.59. The van der Waals surface area contributed by atoms with Crippen molar-refractivity contribution < 1.29 is 24.2 Å². The summed E-state index contributed by atoms with van der Waals surface area (Å²) in [5, 5.41) is 11.3. The third-order valence-corrected chi connectivity index (χ3v) is 2.34. The Balaban J connectivity index is 4.56. The molecule has 1 amide bonds. The molecular weight excluding hydrogens is 264 g/mol. The van der Waals surface area contributed by atoms with Gasteiger partial charge >= 0.3 is 11.9 Å². The molecule has 116 valence electrons. The number of carboxylic acid groups (broad SMARTS) is 1. The number of hydrogen-bond acceptors (Lipinski definition) is 5. The highest BCUT2D eigenvalue weighted by Gasteiger charge is 2.27. The molecule has 0 unspecified atom stereocenters. The van der Waals surface area contributed by atoms with Crippen LogP contribution in [0.4, 0.5) is 0 Å². The first kappa shape index (κ1) is 18.4. The number of carbonyl (C=O) groups is 3. The Labute approximate surface area is 118 Å². The minimum Gasteiger partial charge on any atom is -0.480 e. The van der Waals surface area contributed by atoms with Crippen molar-refractivity contribution in [2.75, 3.05) is 0 Å². The van der Waals surface area contributed by atoms with Gasteiger partial charge in [0.1, 0.15) is 11.6 Å².